The van der Waals surface area contributed by atoms with Gasteiger partial charge in [-0.3, -0.25) is 10.1 Å². The highest BCUT2D eigenvalue weighted by Crippen LogP contribution is 2.29. The Bertz CT molecular complexity index is 716. The molecule has 0 spiro atoms. The fourth-order valence-electron chi connectivity index (χ4n) is 1.71. The topological polar surface area (TPSA) is 60.5 Å². The SMILES string of the molecule is COc1cc(/C=C/C(=O)Nc2ncc(C)s2)ccc1OC(F)F. The van der Waals surface area contributed by atoms with E-state index in [1.807, 2.05) is 6.92 Å². The van der Waals surface area contributed by atoms with Gasteiger partial charge in [-0.2, -0.15) is 8.78 Å². The first kappa shape index (κ1) is 16.9. The molecule has 2 rings (SSSR count). The maximum atomic E-state index is 12.3. The number of alkyl halides is 2. The Morgan fingerprint density at radius 2 is 2.17 bits per heavy atom. The number of hydrogen-bond donors (Lipinski definition) is 1. The van der Waals surface area contributed by atoms with Crippen LogP contribution < -0.4 is 14.8 Å². The quantitative estimate of drug-likeness (QED) is 0.814. The van der Waals surface area contributed by atoms with E-state index >= 15 is 0 Å². The molecular weight excluding hydrogens is 326 g/mol. The zero-order valence-corrected chi connectivity index (χ0v) is 13.2. The van der Waals surface area contributed by atoms with Gasteiger partial charge in [0, 0.05) is 17.2 Å². The smallest absolute Gasteiger partial charge is 0.387 e. The Morgan fingerprint density at radius 1 is 1.39 bits per heavy atom. The molecule has 0 saturated heterocycles. The highest BCUT2D eigenvalue weighted by atomic mass is 32.1. The highest BCUT2D eigenvalue weighted by Gasteiger charge is 2.10. The van der Waals surface area contributed by atoms with Crippen LogP contribution in [0.1, 0.15) is 10.4 Å². The third-order valence-corrected chi connectivity index (χ3v) is 3.51. The number of carbonyl (C=O) groups is 1. The van der Waals surface area contributed by atoms with E-state index in [1.165, 1.54) is 48.8 Å². The van der Waals surface area contributed by atoms with Crippen LogP contribution in [-0.4, -0.2) is 24.6 Å². The van der Waals surface area contributed by atoms with Crippen molar-refractivity contribution in [2.45, 2.75) is 13.5 Å². The van der Waals surface area contributed by atoms with Crippen LogP contribution in [0.4, 0.5) is 13.9 Å². The van der Waals surface area contributed by atoms with Gasteiger partial charge in [-0.25, -0.2) is 4.98 Å². The van der Waals surface area contributed by atoms with E-state index in [1.54, 1.807) is 6.20 Å². The van der Waals surface area contributed by atoms with Crippen molar-refractivity contribution >= 4 is 28.5 Å². The lowest BCUT2D eigenvalue weighted by molar-refractivity contribution is -0.111. The van der Waals surface area contributed by atoms with Gasteiger partial charge >= 0.3 is 6.61 Å². The van der Waals surface area contributed by atoms with Crippen LogP contribution in [0.3, 0.4) is 0 Å². The van der Waals surface area contributed by atoms with Crippen LogP contribution in [0.25, 0.3) is 6.08 Å². The van der Waals surface area contributed by atoms with E-state index in [4.69, 9.17) is 4.74 Å². The fourth-order valence-corrected chi connectivity index (χ4v) is 2.38. The van der Waals surface area contributed by atoms with Crippen molar-refractivity contribution in [1.82, 2.24) is 4.98 Å². The van der Waals surface area contributed by atoms with Crippen LogP contribution in [0.5, 0.6) is 11.5 Å². The van der Waals surface area contributed by atoms with E-state index in [2.05, 4.69) is 15.0 Å². The molecule has 0 radical (unpaired) electrons. The van der Waals surface area contributed by atoms with E-state index < -0.39 is 6.61 Å². The van der Waals surface area contributed by atoms with Crippen LogP contribution in [-0.2, 0) is 4.79 Å². The Labute approximate surface area is 135 Å². The predicted octanol–water partition coefficient (Wildman–Crippen LogP) is 3.71. The first-order chi connectivity index (χ1) is 11.0. The molecule has 0 atom stereocenters. The number of carbonyl (C=O) groups excluding carboxylic acids is 1. The summed E-state index contributed by atoms with van der Waals surface area (Å²) in [7, 11) is 1.35. The predicted molar refractivity (Wildman–Crippen MR) is 84.1 cm³/mol. The van der Waals surface area contributed by atoms with E-state index in [9.17, 15) is 13.6 Å². The van der Waals surface area contributed by atoms with Crippen LogP contribution in [0.15, 0.2) is 30.5 Å². The maximum absolute atomic E-state index is 12.3. The second kappa shape index (κ2) is 7.68. The number of rotatable bonds is 6. The molecule has 0 bridgehead atoms. The van der Waals surface area contributed by atoms with Gasteiger partial charge in [0.2, 0.25) is 5.91 Å². The summed E-state index contributed by atoms with van der Waals surface area (Å²) in [5.41, 5.74) is 0.605. The van der Waals surface area contributed by atoms with Gasteiger partial charge in [0.15, 0.2) is 16.6 Å². The van der Waals surface area contributed by atoms with Crippen molar-refractivity contribution in [3.63, 3.8) is 0 Å². The number of halogens is 2. The third kappa shape index (κ3) is 5.03. The molecule has 1 amide bonds. The Kier molecular flexibility index (Phi) is 5.64. The van der Waals surface area contributed by atoms with Gasteiger partial charge < -0.3 is 9.47 Å². The molecule has 1 aromatic carbocycles. The second-order valence-electron chi connectivity index (χ2n) is 4.39. The summed E-state index contributed by atoms with van der Waals surface area (Å²) in [5, 5.41) is 3.14. The Morgan fingerprint density at radius 3 is 2.78 bits per heavy atom. The van der Waals surface area contributed by atoms with Gasteiger partial charge in [0.05, 0.1) is 7.11 Å². The minimum absolute atomic E-state index is 0.0673. The minimum atomic E-state index is -2.93. The summed E-state index contributed by atoms with van der Waals surface area (Å²) < 4.78 is 33.8. The molecule has 2 aromatic rings. The normalized spacial score (nSPS) is 11.0. The third-order valence-electron chi connectivity index (χ3n) is 2.68. The van der Waals surface area contributed by atoms with Gasteiger partial charge in [-0.1, -0.05) is 6.07 Å². The summed E-state index contributed by atoms with van der Waals surface area (Å²) in [6, 6.07) is 4.39. The van der Waals surface area contributed by atoms with Crippen molar-refractivity contribution in [1.29, 1.82) is 0 Å². The first-order valence-electron chi connectivity index (χ1n) is 6.52. The second-order valence-corrected chi connectivity index (χ2v) is 5.62. The summed E-state index contributed by atoms with van der Waals surface area (Å²) >= 11 is 1.37. The van der Waals surface area contributed by atoms with Gasteiger partial charge in [0.25, 0.3) is 0 Å². The van der Waals surface area contributed by atoms with Crippen LogP contribution >= 0.6 is 11.3 Å². The van der Waals surface area contributed by atoms with Crippen molar-refractivity contribution in [3.05, 3.63) is 40.9 Å². The molecule has 1 heterocycles. The number of nitrogens with one attached hydrogen (secondary N) is 1. The Balaban J connectivity index is 2.05. The summed E-state index contributed by atoms with van der Waals surface area (Å²) in [6.07, 6.45) is 4.51. The molecule has 8 heteroatoms. The molecule has 0 aliphatic carbocycles. The van der Waals surface area contributed by atoms with Gasteiger partial charge in [-0.15, -0.1) is 11.3 Å². The molecule has 122 valence electrons. The van der Waals surface area contributed by atoms with Crippen molar-refractivity contribution in [2.75, 3.05) is 12.4 Å². The number of aryl methyl sites for hydroxylation is 1. The van der Waals surface area contributed by atoms with Crippen LogP contribution in [0, 0.1) is 6.92 Å². The minimum Gasteiger partial charge on any atom is -0.493 e. The number of nitrogens with zero attached hydrogens (tertiary/aromatic N) is 1. The molecule has 0 unspecified atom stereocenters. The molecule has 1 N–H and O–H groups in total. The van der Waals surface area contributed by atoms with Crippen molar-refractivity contribution in [2.24, 2.45) is 0 Å². The number of methoxy groups -OCH3 is 1. The van der Waals surface area contributed by atoms with Gasteiger partial charge in [-0.05, 0) is 30.7 Å². The monoisotopic (exact) mass is 340 g/mol. The molecule has 0 saturated carbocycles. The van der Waals surface area contributed by atoms with Crippen LogP contribution in [0.2, 0.25) is 0 Å². The van der Waals surface area contributed by atoms with Crippen molar-refractivity contribution < 1.29 is 23.0 Å². The average Bonchev–Trinajstić information content (AvgIpc) is 2.90. The lowest BCUT2D eigenvalue weighted by Crippen LogP contribution is -2.07. The molecule has 0 fully saturated rings. The zero-order valence-electron chi connectivity index (χ0n) is 12.4. The fraction of sp³-hybridized carbons (Fsp3) is 0.200. The number of amides is 1. The lowest BCUT2D eigenvalue weighted by atomic mass is 10.2. The van der Waals surface area contributed by atoms with Crippen molar-refractivity contribution in [3.8, 4) is 11.5 Å². The molecule has 1 aromatic heterocycles. The summed E-state index contributed by atoms with van der Waals surface area (Å²) in [6.45, 7) is -1.05. The number of thiazole rings is 1. The molecule has 0 aliphatic rings. The number of aromatic nitrogens is 1. The zero-order chi connectivity index (χ0) is 16.8. The number of benzene rings is 1. The van der Waals surface area contributed by atoms with E-state index in [0.717, 1.165) is 4.88 Å². The summed E-state index contributed by atoms with van der Waals surface area (Å²) in [5.74, 6) is -0.253. The van der Waals surface area contributed by atoms with E-state index in [-0.39, 0.29) is 17.4 Å². The summed E-state index contributed by atoms with van der Waals surface area (Å²) in [4.78, 5) is 16.8. The van der Waals surface area contributed by atoms with Gasteiger partial charge in [0.1, 0.15) is 0 Å². The average molecular weight is 340 g/mol. The molecule has 5 nitrogen and oxygen atoms in total. The largest absolute Gasteiger partial charge is 0.493 e. The first-order valence-corrected chi connectivity index (χ1v) is 7.34. The highest BCUT2D eigenvalue weighted by molar-refractivity contribution is 7.15. The van der Waals surface area contributed by atoms with E-state index in [0.29, 0.717) is 10.7 Å². The Hall–Kier alpha value is -2.48. The number of ether oxygens (including phenoxy) is 2. The molecule has 0 aliphatic heterocycles. The maximum Gasteiger partial charge on any atom is 0.387 e. The number of hydrogen-bond acceptors (Lipinski definition) is 5. The number of anilines is 1. The molecule has 23 heavy (non-hydrogen) atoms. The standard InChI is InChI=1S/C15H14F2N2O3S/c1-9-8-18-15(23-9)19-13(20)6-4-10-3-5-11(22-14(16)17)12(7-10)21-2/h3-8,14H,1-2H3,(H,18,19,20)/b6-4+. The molecular formula is C15H14F2N2O3S. The lowest BCUT2D eigenvalue weighted by Gasteiger charge is -2.10.